The molecule has 3 atom stereocenters. The van der Waals surface area contributed by atoms with Gasteiger partial charge in [0.05, 0.1) is 5.25 Å². The fourth-order valence-electron chi connectivity index (χ4n) is 5.21. The number of fused-ring (bicyclic) bond motifs is 2. The lowest BCUT2D eigenvalue weighted by atomic mass is 9.71. The lowest BCUT2D eigenvalue weighted by Crippen LogP contribution is -2.35. The molecule has 0 spiro atoms. The van der Waals surface area contributed by atoms with Gasteiger partial charge in [0.25, 0.3) is 5.22 Å². The van der Waals surface area contributed by atoms with Gasteiger partial charge in [-0.05, 0) is 23.7 Å². The number of thioether (sulfide) groups is 1. The predicted octanol–water partition coefficient (Wildman–Crippen LogP) is 6.49. The number of ketones is 1. The number of nitrogens with zero attached hydrogens (tertiary/aromatic N) is 1. The summed E-state index contributed by atoms with van der Waals surface area (Å²) in [6.07, 6.45) is 2.10. The van der Waals surface area contributed by atoms with Crippen molar-refractivity contribution in [3.05, 3.63) is 60.7 Å². The van der Waals surface area contributed by atoms with E-state index in [0.29, 0.717) is 11.0 Å². The SMILES string of the molecule is CC1(C)C2CCC1(C)C(Sc1nc(-c3ccccc3)c(-c3ccccc3)o1)C2=O. The number of Topliss-reactive ketones (excluding diaryl/α,β-unsaturated/α-hetero) is 1. The number of aromatic nitrogens is 1. The topological polar surface area (TPSA) is 43.1 Å². The Labute approximate surface area is 175 Å². The van der Waals surface area contributed by atoms with Gasteiger partial charge < -0.3 is 4.42 Å². The first-order valence-corrected chi connectivity index (χ1v) is 11.1. The van der Waals surface area contributed by atoms with Gasteiger partial charge in [0.2, 0.25) is 0 Å². The van der Waals surface area contributed by atoms with Crippen LogP contribution < -0.4 is 0 Å². The molecule has 0 amide bonds. The molecule has 0 radical (unpaired) electrons. The normalized spacial score (nSPS) is 27.5. The van der Waals surface area contributed by atoms with Crippen LogP contribution in [0, 0.1) is 16.7 Å². The molecule has 2 aliphatic carbocycles. The predicted molar refractivity (Wildman–Crippen MR) is 117 cm³/mol. The summed E-state index contributed by atoms with van der Waals surface area (Å²) in [5, 5.41) is 0.493. The summed E-state index contributed by atoms with van der Waals surface area (Å²) in [4.78, 5) is 18.0. The second-order valence-corrected chi connectivity index (χ2v) is 10.1. The Morgan fingerprint density at radius 3 is 2.17 bits per heavy atom. The molecule has 0 aliphatic heterocycles. The Hall–Kier alpha value is -2.33. The zero-order valence-electron chi connectivity index (χ0n) is 17.0. The van der Waals surface area contributed by atoms with Gasteiger partial charge in [0, 0.05) is 17.0 Å². The lowest BCUT2D eigenvalue weighted by Gasteiger charge is -2.37. The summed E-state index contributed by atoms with van der Waals surface area (Å²) < 4.78 is 6.29. The maximum Gasteiger partial charge on any atom is 0.257 e. The Balaban J connectivity index is 1.56. The van der Waals surface area contributed by atoms with Crippen molar-refractivity contribution < 1.29 is 9.21 Å². The molecule has 0 saturated heterocycles. The van der Waals surface area contributed by atoms with Gasteiger partial charge in [-0.25, -0.2) is 4.98 Å². The van der Waals surface area contributed by atoms with E-state index in [2.05, 4.69) is 20.8 Å². The van der Waals surface area contributed by atoms with Crippen molar-refractivity contribution in [3.63, 3.8) is 0 Å². The van der Waals surface area contributed by atoms with Crippen molar-refractivity contribution in [1.82, 2.24) is 4.98 Å². The first kappa shape index (κ1) is 18.7. The zero-order valence-corrected chi connectivity index (χ0v) is 17.8. The largest absolute Gasteiger partial charge is 0.431 e. The maximum atomic E-state index is 13.1. The highest BCUT2D eigenvalue weighted by atomic mass is 32.2. The van der Waals surface area contributed by atoms with Crippen LogP contribution >= 0.6 is 11.8 Å². The van der Waals surface area contributed by atoms with Crippen LogP contribution in [0.3, 0.4) is 0 Å². The van der Waals surface area contributed by atoms with E-state index in [1.165, 1.54) is 11.8 Å². The Kier molecular flexibility index (Phi) is 4.25. The summed E-state index contributed by atoms with van der Waals surface area (Å²) in [7, 11) is 0. The molecule has 3 unspecified atom stereocenters. The first-order valence-electron chi connectivity index (χ1n) is 10.2. The Morgan fingerprint density at radius 2 is 1.59 bits per heavy atom. The molecule has 0 N–H and O–H groups in total. The van der Waals surface area contributed by atoms with E-state index in [4.69, 9.17) is 9.40 Å². The van der Waals surface area contributed by atoms with Gasteiger partial charge in [0.15, 0.2) is 11.5 Å². The minimum Gasteiger partial charge on any atom is -0.431 e. The minimum absolute atomic E-state index is 0.0201. The molecule has 1 heterocycles. The molecule has 29 heavy (non-hydrogen) atoms. The van der Waals surface area contributed by atoms with Crippen molar-refractivity contribution >= 4 is 17.5 Å². The molecule has 3 aromatic rings. The fraction of sp³-hybridized carbons (Fsp3) is 0.360. The van der Waals surface area contributed by atoms with E-state index in [1.54, 1.807) is 0 Å². The zero-order chi connectivity index (χ0) is 20.2. The first-order chi connectivity index (χ1) is 13.9. The molecular formula is C25H25NO2S. The van der Waals surface area contributed by atoms with Gasteiger partial charge in [-0.1, -0.05) is 93.2 Å². The van der Waals surface area contributed by atoms with Crippen molar-refractivity contribution in [1.29, 1.82) is 0 Å². The van der Waals surface area contributed by atoms with Gasteiger partial charge in [-0.2, -0.15) is 0 Å². The van der Waals surface area contributed by atoms with Gasteiger partial charge >= 0.3 is 0 Å². The third kappa shape index (κ3) is 2.72. The van der Waals surface area contributed by atoms with E-state index < -0.39 is 0 Å². The molecule has 2 saturated carbocycles. The van der Waals surface area contributed by atoms with Crippen LogP contribution in [0.25, 0.3) is 22.6 Å². The average Bonchev–Trinajstić information content (AvgIpc) is 3.29. The number of oxazole rings is 1. The third-order valence-electron chi connectivity index (χ3n) is 7.39. The van der Waals surface area contributed by atoms with Crippen molar-refractivity contribution in [2.45, 2.75) is 44.1 Å². The van der Waals surface area contributed by atoms with Gasteiger partial charge in [-0.15, -0.1) is 0 Å². The van der Waals surface area contributed by atoms with Crippen LogP contribution in [0.4, 0.5) is 0 Å². The summed E-state index contributed by atoms with van der Waals surface area (Å²) in [5.41, 5.74) is 2.86. The van der Waals surface area contributed by atoms with Crippen LogP contribution in [0.15, 0.2) is 70.3 Å². The van der Waals surface area contributed by atoms with Crippen LogP contribution in [0.5, 0.6) is 0 Å². The highest BCUT2D eigenvalue weighted by Crippen LogP contribution is 2.67. The van der Waals surface area contributed by atoms with E-state index >= 15 is 0 Å². The molecular weight excluding hydrogens is 378 g/mol. The van der Waals surface area contributed by atoms with Crippen LogP contribution in [0.2, 0.25) is 0 Å². The molecule has 4 heteroatoms. The molecule has 2 aromatic carbocycles. The van der Waals surface area contributed by atoms with Gasteiger partial charge in [-0.3, -0.25) is 4.79 Å². The molecule has 2 aliphatic rings. The van der Waals surface area contributed by atoms with E-state index in [0.717, 1.165) is 35.4 Å². The second kappa shape index (κ2) is 6.60. The highest BCUT2D eigenvalue weighted by molar-refractivity contribution is 8.00. The highest BCUT2D eigenvalue weighted by Gasteiger charge is 2.66. The number of benzene rings is 2. The number of carbonyl (C=O) groups excluding carboxylic acids is 1. The summed E-state index contributed by atoms with van der Waals surface area (Å²) >= 11 is 1.52. The number of hydrogen-bond donors (Lipinski definition) is 0. The molecule has 3 nitrogen and oxygen atoms in total. The van der Waals surface area contributed by atoms with Crippen molar-refractivity contribution in [2.75, 3.05) is 0 Å². The maximum absolute atomic E-state index is 13.1. The fourth-order valence-corrected chi connectivity index (χ4v) is 6.64. The summed E-state index contributed by atoms with van der Waals surface area (Å²) in [5.74, 6) is 1.29. The van der Waals surface area contributed by atoms with E-state index in [1.807, 2.05) is 60.7 Å². The van der Waals surface area contributed by atoms with Crippen LogP contribution in [-0.2, 0) is 4.79 Å². The number of hydrogen-bond acceptors (Lipinski definition) is 4. The third-order valence-corrected chi connectivity index (χ3v) is 8.75. The smallest absolute Gasteiger partial charge is 0.257 e. The molecule has 5 rings (SSSR count). The second-order valence-electron chi connectivity index (χ2n) is 9.02. The standard InChI is InChI=1S/C25H25NO2S/c1-24(2)18-14-15-25(24,3)22(20(18)27)29-23-26-19(16-10-6-4-7-11-16)21(28-23)17-12-8-5-9-13-17/h4-13,18,22H,14-15H2,1-3H3. The quantitative estimate of drug-likeness (QED) is 0.499. The van der Waals surface area contributed by atoms with Crippen molar-refractivity contribution in [3.8, 4) is 22.6 Å². The van der Waals surface area contributed by atoms with E-state index in [9.17, 15) is 4.79 Å². The molecule has 2 bridgehead atoms. The molecule has 1 aromatic heterocycles. The minimum atomic E-state index is -0.0952. The Morgan fingerprint density at radius 1 is 0.966 bits per heavy atom. The summed E-state index contributed by atoms with van der Waals surface area (Å²) in [6.45, 7) is 6.78. The molecule has 2 fully saturated rings. The van der Waals surface area contributed by atoms with E-state index in [-0.39, 0.29) is 22.0 Å². The van der Waals surface area contributed by atoms with Crippen LogP contribution in [-0.4, -0.2) is 16.0 Å². The Bertz CT molecular complexity index is 1000. The molecule has 148 valence electrons. The van der Waals surface area contributed by atoms with Gasteiger partial charge in [0.1, 0.15) is 5.69 Å². The lowest BCUT2D eigenvalue weighted by molar-refractivity contribution is -0.122. The number of carbonyl (C=O) groups is 1. The monoisotopic (exact) mass is 403 g/mol. The van der Waals surface area contributed by atoms with Crippen molar-refractivity contribution in [2.24, 2.45) is 16.7 Å². The van der Waals surface area contributed by atoms with Crippen LogP contribution in [0.1, 0.15) is 33.6 Å². The summed E-state index contributed by atoms with van der Waals surface area (Å²) in [6, 6.07) is 20.2. The number of rotatable bonds is 4. The average molecular weight is 404 g/mol.